The molecule has 0 spiro atoms. The minimum Gasteiger partial charge on any atom is -0.461 e. The van der Waals surface area contributed by atoms with Gasteiger partial charge in [0.15, 0.2) is 11.5 Å². The number of amides is 1. The molecule has 2 fully saturated rings. The van der Waals surface area contributed by atoms with Crippen molar-refractivity contribution < 1.29 is 31.8 Å². The van der Waals surface area contributed by atoms with Crippen molar-refractivity contribution in [1.82, 2.24) is 29.5 Å². The number of alkyl halides is 3. The average Bonchev–Trinajstić information content (AvgIpc) is 3.71. The van der Waals surface area contributed by atoms with Crippen molar-refractivity contribution in [1.29, 1.82) is 0 Å². The van der Waals surface area contributed by atoms with Gasteiger partial charge in [0, 0.05) is 62.4 Å². The van der Waals surface area contributed by atoms with E-state index in [-0.39, 0.29) is 36.4 Å². The fourth-order valence-corrected chi connectivity index (χ4v) is 8.62. The number of aromatic nitrogens is 4. The van der Waals surface area contributed by atoms with Crippen LogP contribution in [0.15, 0.2) is 18.2 Å². The second-order valence-corrected chi connectivity index (χ2v) is 15.3. The van der Waals surface area contributed by atoms with E-state index in [1.54, 1.807) is 14.1 Å². The molecule has 3 aromatic rings. The van der Waals surface area contributed by atoms with Crippen LogP contribution >= 0.6 is 0 Å². The van der Waals surface area contributed by atoms with Crippen LogP contribution in [0.25, 0.3) is 0 Å². The van der Waals surface area contributed by atoms with E-state index in [4.69, 9.17) is 30.3 Å². The molecule has 0 aliphatic carbocycles. The number of carbonyl (C=O) groups excluding carboxylic acids is 1. The topological polar surface area (TPSA) is 115 Å². The third-order valence-corrected chi connectivity index (χ3v) is 11.0. The second kappa shape index (κ2) is 14.2. The first kappa shape index (κ1) is 37.6. The number of fused-ring (bicyclic) bond motifs is 3. The summed E-state index contributed by atoms with van der Waals surface area (Å²) in [4.78, 5) is 29.0. The number of nitrogen functional groups attached to an aromatic ring is 1. The van der Waals surface area contributed by atoms with Gasteiger partial charge in [-0.3, -0.25) is 14.4 Å². The van der Waals surface area contributed by atoms with Crippen molar-refractivity contribution in [2.75, 3.05) is 51.0 Å². The second-order valence-electron chi connectivity index (χ2n) is 15.3. The molecule has 1 amide bonds. The van der Waals surface area contributed by atoms with E-state index in [1.807, 2.05) is 18.5 Å². The summed E-state index contributed by atoms with van der Waals surface area (Å²) >= 11 is 0. The molecule has 4 aliphatic heterocycles. The van der Waals surface area contributed by atoms with Gasteiger partial charge in [0.25, 0.3) is 5.91 Å². The van der Waals surface area contributed by atoms with Crippen molar-refractivity contribution in [3.63, 3.8) is 0 Å². The highest BCUT2D eigenvalue weighted by molar-refractivity contribution is 5.94. The molecule has 0 radical (unpaired) electrons. The van der Waals surface area contributed by atoms with E-state index in [9.17, 15) is 18.0 Å². The summed E-state index contributed by atoms with van der Waals surface area (Å²) in [5.41, 5.74) is 7.14. The summed E-state index contributed by atoms with van der Waals surface area (Å²) in [6.45, 7) is 13.0. The highest BCUT2D eigenvalue weighted by atomic mass is 19.4. The number of hydrogen-bond donors (Lipinski definition) is 1. The first-order valence-electron chi connectivity index (χ1n) is 18.4. The maximum Gasteiger partial charge on any atom is 0.418 e. The summed E-state index contributed by atoms with van der Waals surface area (Å²) in [7, 11) is 3.39. The zero-order valence-electron chi connectivity index (χ0n) is 31.4. The lowest BCUT2D eigenvalue weighted by Gasteiger charge is -2.33. The number of ether oxygens (including phenoxy) is 2. The Labute approximate surface area is 312 Å². The van der Waals surface area contributed by atoms with Crippen LogP contribution in [0.4, 0.5) is 29.1 Å². The lowest BCUT2D eigenvalue weighted by molar-refractivity contribution is -0.140. The molecule has 15 heteroatoms. The zero-order valence-corrected chi connectivity index (χ0v) is 31.4. The molecular weight excluding hydrogens is 704 g/mol. The number of nitrogens with two attached hydrogens (primary N) is 1. The van der Waals surface area contributed by atoms with Gasteiger partial charge in [-0.2, -0.15) is 28.2 Å². The number of halogens is 4. The van der Waals surface area contributed by atoms with Gasteiger partial charge in [0.05, 0.1) is 47.4 Å². The van der Waals surface area contributed by atoms with E-state index in [2.05, 4.69) is 28.2 Å². The SMILES string of the molecule is C=C1CN2CCCC2(COc2nc3c(c(N4CCCn5nc(C(=O)N(C)C)c(C(C)C)c5C4)n2)COC(c2c(F)c(N)cc(C#CC)c2C(F)(F)F)C3)C1. The monoisotopic (exact) mass is 750 g/mol. The molecule has 7 rings (SSSR count). The van der Waals surface area contributed by atoms with Crippen molar-refractivity contribution in [3.8, 4) is 17.9 Å². The minimum atomic E-state index is -4.94. The standard InChI is InChI=1S/C39H46F4N8O3/c1-7-10-24-15-26(44)33(40)31(32(24)39(41,42)43)29-16-27-25(20-53-29)35(46-37(45-27)54-21-38-11-8-13-50(38)18-23(4)17-38)49-12-9-14-51-28(19-49)30(22(2)3)34(47-51)36(52)48(5)6/h15,22,29H,4,8-9,11-14,16-21,44H2,1-3,5-6H3. The summed E-state index contributed by atoms with van der Waals surface area (Å²) in [6, 6.07) is 0.993. The van der Waals surface area contributed by atoms with Gasteiger partial charge < -0.3 is 25.0 Å². The number of hydrogen-bond acceptors (Lipinski definition) is 9. The van der Waals surface area contributed by atoms with E-state index in [1.165, 1.54) is 11.8 Å². The van der Waals surface area contributed by atoms with Gasteiger partial charge in [-0.1, -0.05) is 31.9 Å². The molecule has 288 valence electrons. The van der Waals surface area contributed by atoms with Crippen LogP contribution in [0, 0.1) is 17.7 Å². The maximum absolute atomic E-state index is 15.8. The van der Waals surface area contributed by atoms with E-state index >= 15 is 4.39 Å². The predicted molar refractivity (Wildman–Crippen MR) is 194 cm³/mol. The molecule has 54 heavy (non-hydrogen) atoms. The van der Waals surface area contributed by atoms with Crippen LogP contribution in [0.2, 0.25) is 0 Å². The first-order chi connectivity index (χ1) is 25.6. The van der Waals surface area contributed by atoms with E-state index in [0.717, 1.165) is 55.2 Å². The van der Waals surface area contributed by atoms with Gasteiger partial charge in [0.2, 0.25) is 0 Å². The molecule has 2 atom stereocenters. The lowest BCUT2D eigenvalue weighted by Crippen LogP contribution is -2.43. The first-order valence-corrected chi connectivity index (χ1v) is 18.4. The number of carbonyl (C=O) groups is 1. The largest absolute Gasteiger partial charge is 0.461 e. The summed E-state index contributed by atoms with van der Waals surface area (Å²) in [5, 5.41) is 4.76. The van der Waals surface area contributed by atoms with Crippen molar-refractivity contribution >= 4 is 17.4 Å². The van der Waals surface area contributed by atoms with Crippen molar-refractivity contribution in [2.24, 2.45) is 0 Å². The Balaban J connectivity index is 1.32. The molecular formula is C39H46F4N8O3. The number of benzene rings is 1. The van der Waals surface area contributed by atoms with E-state index in [0.29, 0.717) is 55.4 Å². The normalized spacial score (nSPS) is 21.3. The number of anilines is 2. The molecule has 0 saturated carbocycles. The highest BCUT2D eigenvalue weighted by Crippen LogP contribution is 2.45. The third kappa shape index (κ3) is 6.68. The molecule has 2 unspecified atom stereocenters. The summed E-state index contributed by atoms with van der Waals surface area (Å²) < 4.78 is 74.3. The maximum atomic E-state index is 15.8. The molecule has 2 saturated heterocycles. The molecule has 6 heterocycles. The zero-order chi connectivity index (χ0) is 38.7. The Morgan fingerprint density at radius 1 is 1.20 bits per heavy atom. The van der Waals surface area contributed by atoms with Crippen molar-refractivity contribution in [3.05, 3.63) is 68.9 Å². The Bertz CT molecular complexity index is 2070. The fourth-order valence-electron chi connectivity index (χ4n) is 8.62. The van der Waals surface area contributed by atoms with Crippen LogP contribution in [0.1, 0.15) is 108 Å². The van der Waals surface area contributed by atoms with Gasteiger partial charge in [-0.05, 0) is 51.1 Å². The van der Waals surface area contributed by atoms with Gasteiger partial charge in [0.1, 0.15) is 12.4 Å². The van der Waals surface area contributed by atoms with Crippen LogP contribution in [-0.4, -0.2) is 81.3 Å². The Morgan fingerprint density at radius 3 is 2.69 bits per heavy atom. The summed E-state index contributed by atoms with van der Waals surface area (Å²) in [5.74, 6) is 4.05. The molecule has 4 aliphatic rings. The van der Waals surface area contributed by atoms with Crippen LogP contribution < -0.4 is 15.4 Å². The Hall–Kier alpha value is -4.68. The smallest absolute Gasteiger partial charge is 0.418 e. The average molecular weight is 751 g/mol. The van der Waals surface area contributed by atoms with Crippen LogP contribution in [-0.2, 0) is 37.0 Å². The van der Waals surface area contributed by atoms with Gasteiger partial charge >= 0.3 is 12.2 Å². The quantitative estimate of drug-likeness (QED) is 0.134. The minimum absolute atomic E-state index is 0.0111. The van der Waals surface area contributed by atoms with E-state index < -0.39 is 40.5 Å². The third-order valence-electron chi connectivity index (χ3n) is 11.0. The fraction of sp³-hybridized carbons (Fsp3) is 0.538. The van der Waals surface area contributed by atoms with Crippen LogP contribution in [0.3, 0.4) is 0 Å². The number of rotatable bonds is 7. The number of nitrogens with zero attached hydrogens (tertiary/aromatic N) is 7. The Kier molecular flexibility index (Phi) is 9.89. The molecule has 2 aromatic heterocycles. The van der Waals surface area contributed by atoms with Crippen LogP contribution in [0.5, 0.6) is 6.01 Å². The highest BCUT2D eigenvalue weighted by Gasteiger charge is 2.47. The predicted octanol–water partition coefficient (Wildman–Crippen LogP) is 6.01. The lowest BCUT2D eigenvalue weighted by atomic mass is 9.90. The molecule has 2 N–H and O–H groups in total. The molecule has 1 aromatic carbocycles. The van der Waals surface area contributed by atoms with Crippen molar-refractivity contribution in [2.45, 2.75) is 96.3 Å². The summed E-state index contributed by atoms with van der Waals surface area (Å²) in [6.07, 6.45) is -3.08. The Morgan fingerprint density at radius 2 is 1.98 bits per heavy atom. The number of aryl methyl sites for hydroxylation is 1. The molecule has 0 bridgehead atoms. The van der Waals surface area contributed by atoms with Gasteiger partial charge in [-0.15, -0.1) is 5.92 Å². The molecule has 11 nitrogen and oxygen atoms in total. The van der Waals surface area contributed by atoms with Gasteiger partial charge in [-0.25, -0.2) is 4.39 Å².